The molecule has 0 aliphatic carbocycles. The Labute approximate surface area is 147 Å². The third kappa shape index (κ3) is 2.98. The fourth-order valence-electron chi connectivity index (χ4n) is 3.22. The smallest absolute Gasteiger partial charge is 0.338 e. The molecule has 0 spiro atoms. The van der Waals surface area contributed by atoms with Crippen LogP contribution in [0.4, 0.5) is 13.2 Å². The predicted octanol–water partition coefficient (Wildman–Crippen LogP) is 3.39. The lowest BCUT2D eigenvalue weighted by Crippen LogP contribution is -2.44. The van der Waals surface area contributed by atoms with Crippen LogP contribution in [0, 0.1) is 22.9 Å². The van der Waals surface area contributed by atoms with Gasteiger partial charge in [-0.15, -0.1) is 0 Å². The van der Waals surface area contributed by atoms with E-state index in [9.17, 15) is 18.0 Å². The van der Waals surface area contributed by atoms with E-state index in [4.69, 9.17) is 9.53 Å². The fourth-order valence-corrected chi connectivity index (χ4v) is 4.28. The van der Waals surface area contributed by atoms with Crippen molar-refractivity contribution in [2.24, 2.45) is 5.41 Å². The summed E-state index contributed by atoms with van der Waals surface area (Å²) in [5, 5.41) is 9.16. The molecule has 0 aromatic heterocycles. The van der Waals surface area contributed by atoms with Crippen molar-refractivity contribution in [3.8, 4) is 0 Å². The van der Waals surface area contributed by atoms with Crippen molar-refractivity contribution in [1.29, 1.82) is 0 Å². The molecule has 2 aromatic carbocycles. The van der Waals surface area contributed by atoms with E-state index in [2.05, 4.69) is 0 Å². The largest absolute Gasteiger partial charge is 0.478 e. The number of halogens is 3. The third-order valence-corrected chi connectivity index (χ3v) is 4.91. The molecule has 0 saturated heterocycles. The molecule has 0 amide bonds. The van der Waals surface area contributed by atoms with Crippen molar-refractivity contribution < 1.29 is 27.5 Å². The number of hydrogen-bond donors (Lipinski definition) is 1. The number of carbonyl (C=O) groups is 1. The van der Waals surface area contributed by atoms with Crippen LogP contribution in [0.2, 0.25) is 0 Å². The number of carboxylic acids is 1. The molecule has 0 radical (unpaired) electrons. The van der Waals surface area contributed by atoms with Gasteiger partial charge < -0.3 is 9.53 Å². The zero-order valence-corrected chi connectivity index (χ0v) is 16.4. The predicted molar refractivity (Wildman–Crippen MR) is 91.0 cm³/mol. The Bertz CT molecular complexity index is 803. The lowest BCUT2D eigenvalue weighted by Gasteiger charge is -2.45. The monoisotopic (exact) mass is 368 g/mol. The molecule has 0 aliphatic rings. The quantitative estimate of drug-likeness (QED) is 0.665. The van der Waals surface area contributed by atoms with Crippen molar-refractivity contribution in [2.45, 2.75) is 26.4 Å². The summed E-state index contributed by atoms with van der Waals surface area (Å²) in [6.07, 6.45) is 0. The highest BCUT2D eigenvalue weighted by molar-refractivity contribution is 5.98. The second-order valence-electron chi connectivity index (χ2n) is 6.72. The van der Waals surface area contributed by atoms with Crippen LogP contribution in [0.15, 0.2) is 36.4 Å². The minimum Gasteiger partial charge on any atom is -0.478 e. The van der Waals surface area contributed by atoms with Crippen molar-refractivity contribution in [3.63, 3.8) is 0 Å². The van der Waals surface area contributed by atoms with Gasteiger partial charge in [-0.2, -0.15) is 0 Å². The van der Waals surface area contributed by atoms with E-state index in [1.54, 1.807) is 51.1 Å². The van der Waals surface area contributed by atoms with Gasteiger partial charge in [0, 0.05) is 5.56 Å². The summed E-state index contributed by atoms with van der Waals surface area (Å²) >= 11 is 0. The Hall–Kier alpha value is -2.12. The summed E-state index contributed by atoms with van der Waals surface area (Å²) in [5.74, 6) is -6.67. The molecule has 1 N–H and O–H groups in total. The number of carboxylic acid groups (broad SMARTS) is 1. The van der Waals surface area contributed by atoms with E-state index in [-0.39, 0.29) is 16.0 Å². The lowest BCUT2D eigenvalue weighted by molar-refractivity contribution is 0.00281. The second kappa shape index (κ2) is 6.65. The Kier molecular flexibility index (Phi) is 5.11. The first-order chi connectivity index (χ1) is 11.6. The van der Waals surface area contributed by atoms with Gasteiger partial charge in [-0.25, -0.2) is 18.0 Å². The molecule has 0 heterocycles. The molecule has 0 saturated carbocycles. The summed E-state index contributed by atoms with van der Waals surface area (Å²) < 4.78 is 48.5. The van der Waals surface area contributed by atoms with Crippen LogP contribution in [0.25, 0.3) is 0 Å². The van der Waals surface area contributed by atoms with Crippen LogP contribution in [0.3, 0.4) is 0 Å². The molecule has 0 aliphatic heterocycles. The van der Waals surface area contributed by atoms with Gasteiger partial charge in [0.15, 0.2) is 17.5 Å². The Morgan fingerprint density at radius 2 is 1.60 bits per heavy atom. The average Bonchev–Trinajstić information content (AvgIpc) is 2.55. The molecule has 7 heteroatoms. The van der Waals surface area contributed by atoms with Crippen LogP contribution in [0.1, 0.15) is 42.3 Å². The summed E-state index contributed by atoms with van der Waals surface area (Å²) in [7, 11) is 0.154. The maximum absolute atomic E-state index is 14.7. The summed E-state index contributed by atoms with van der Waals surface area (Å²) in [6, 6.07) is 9.38. The van der Waals surface area contributed by atoms with Gasteiger partial charge in [0.1, 0.15) is 16.1 Å². The Morgan fingerprint density at radius 3 is 2.04 bits per heavy atom. The highest BCUT2D eigenvalue weighted by Gasteiger charge is 2.48. The van der Waals surface area contributed by atoms with Gasteiger partial charge in [0.05, 0.1) is 5.56 Å². The van der Waals surface area contributed by atoms with Crippen LogP contribution in [0.5, 0.6) is 0 Å². The lowest BCUT2D eigenvalue weighted by atomic mass is 9.68. The van der Waals surface area contributed by atoms with Crippen molar-refractivity contribution in [1.82, 2.24) is 0 Å². The molecule has 1 unspecified atom stereocenters. The SMILES string of the molecule is CC(C)(C)C(O[SiH3])(c1ccccc1)c1cc(C(=O)O)c(F)c(F)c1F. The molecule has 0 bridgehead atoms. The van der Waals surface area contributed by atoms with Crippen LogP contribution < -0.4 is 0 Å². The van der Waals surface area contributed by atoms with E-state index in [0.29, 0.717) is 5.56 Å². The summed E-state index contributed by atoms with van der Waals surface area (Å²) in [4.78, 5) is 11.3. The van der Waals surface area contributed by atoms with Crippen LogP contribution >= 0.6 is 0 Å². The number of aromatic carboxylic acids is 1. The molecule has 2 aromatic rings. The molecular weight excluding hydrogens is 349 g/mol. The highest BCUT2D eigenvalue weighted by atomic mass is 28.2. The minimum absolute atomic E-state index is 0.154. The van der Waals surface area contributed by atoms with Crippen molar-refractivity contribution in [3.05, 3.63) is 70.5 Å². The molecule has 134 valence electrons. The maximum Gasteiger partial charge on any atom is 0.338 e. The number of hydrogen-bond acceptors (Lipinski definition) is 2. The Morgan fingerprint density at radius 1 is 1.04 bits per heavy atom. The maximum atomic E-state index is 14.7. The topological polar surface area (TPSA) is 46.5 Å². The van der Waals surface area contributed by atoms with Gasteiger partial charge in [0.25, 0.3) is 0 Å². The first kappa shape index (κ1) is 19.2. The van der Waals surface area contributed by atoms with E-state index in [1.807, 2.05) is 0 Å². The van der Waals surface area contributed by atoms with E-state index in [0.717, 1.165) is 6.07 Å². The Balaban J connectivity index is 2.96. The standard InChI is InChI=1S/C18H19F3O3Si/c1-17(2,3)18(24-25,10-7-5-4-6-8-10)12-9-11(16(22)23)13(19)15(21)14(12)20/h4-9H,1-3,25H3,(H,22,23). The second-order valence-corrected chi connectivity index (χ2v) is 7.13. The number of benzene rings is 2. The summed E-state index contributed by atoms with van der Waals surface area (Å²) in [6.45, 7) is 5.29. The minimum atomic E-state index is -1.82. The van der Waals surface area contributed by atoms with Gasteiger partial charge in [-0.1, -0.05) is 51.1 Å². The van der Waals surface area contributed by atoms with E-state index < -0.39 is 40.0 Å². The summed E-state index contributed by atoms with van der Waals surface area (Å²) in [5.41, 5.74) is -2.99. The van der Waals surface area contributed by atoms with E-state index >= 15 is 0 Å². The number of rotatable bonds is 4. The molecule has 25 heavy (non-hydrogen) atoms. The van der Waals surface area contributed by atoms with Gasteiger partial charge in [-0.3, -0.25) is 0 Å². The van der Waals surface area contributed by atoms with Crippen LogP contribution in [-0.4, -0.2) is 21.6 Å². The molecule has 2 rings (SSSR count). The molecule has 3 nitrogen and oxygen atoms in total. The highest BCUT2D eigenvalue weighted by Crippen LogP contribution is 2.48. The van der Waals surface area contributed by atoms with Gasteiger partial charge in [0.2, 0.25) is 0 Å². The zero-order valence-electron chi connectivity index (χ0n) is 14.4. The van der Waals surface area contributed by atoms with Crippen LogP contribution in [-0.2, 0) is 10.0 Å². The molecule has 0 fully saturated rings. The molecular formula is C18H19F3O3Si. The van der Waals surface area contributed by atoms with Gasteiger partial charge >= 0.3 is 5.97 Å². The molecule has 1 atom stereocenters. The fraction of sp³-hybridized carbons (Fsp3) is 0.278. The van der Waals surface area contributed by atoms with Gasteiger partial charge in [-0.05, 0) is 17.0 Å². The third-order valence-electron chi connectivity index (χ3n) is 4.30. The van der Waals surface area contributed by atoms with Crippen molar-refractivity contribution in [2.75, 3.05) is 0 Å². The average molecular weight is 368 g/mol. The van der Waals surface area contributed by atoms with E-state index in [1.165, 1.54) is 0 Å². The zero-order chi connectivity index (χ0) is 19.0. The van der Waals surface area contributed by atoms with Crippen molar-refractivity contribution >= 4 is 16.5 Å². The first-order valence-electron chi connectivity index (χ1n) is 7.60. The first-order valence-corrected chi connectivity index (χ1v) is 8.41. The normalized spacial score (nSPS) is 14.3.